The molecule has 1 fully saturated rings. The topological polar surface area (TPSA) is 76.1 Å². The van der Waals surface area contributed by atoms with Gasteiger partial charge in [0.1, 0.15) is 5.60 Å². The Morgan fingerprint density at radius 2 is 1.79 bits per heavy atom. The monoisotopic (exact) mass is 273 g/mol. The molecule has 1 heterocycles. The highest BCUT2D eigenvalue weighted by Gasteiger charge is 2.33. The number of aliphatic hydroxyl groups excluding tert-OH is 1. The molecule has 0 radical (unpaired) electrons. The van der Waals surface area contributed by atoms with Crippen LogP contribution in [0.5, 0.6) is 0 Å². The fourth-order valence-electron chi connectivity index (χ4n) is 2.04. The molecule has 1 N–H and O–H groups in total. The highest BCUT2D eigenvalue weighted by molar-refractivity contribution is 5.74. The first-order valence-corrected chi connectivity index (χ1v) is 6.48. The first-order valence-electron chi connectivity index (χ1n) is 6.48. The van der Waals surface area contributed by atoms with Crippen LogP contribution in [0.15, 0.2) is 0 Å². The summed E-state index contributed by atoms with van der Waals surface area (Å²) in [5, 5.41) is 9.74. The number of esters is 1. The van der Waals surface area contributed by atoms with Crippen LogP contribution in [0, 0.1) is 5.92 Å². The van der Waals surface area contributed by atoms with Crippen molar-refractivity contribution in [2.24, 2.45) is 5.92 Å². The first-order chi connectivity index (χ1) is 8.74. The van der Waals surface area contributed by atoms with Crippen LogP contribution >= 0.6 is 0 Å². The average molecular weight is 273 g/mol. The van der Waals surface area contributed by atoms with Gasteiger partial charge in [0.25, 0.3) is 0 Å². The Kier molecular flexibility index (Phi) is 5.17. The summed E-state index contributed by atoms with van der Waals surface area (Å²) < 4.78 is 9.79. The molecule has 1 aliphatic rings. The minimum atomic E-state index is -1.11. The number of carbonyl (C=O) groups is 2. The lowest BCUT2D eigenvalue weighted by atomic mass is 9.91. The molecular formula is C13H23NO5. The molecule has 0 aromatic carbocycles. The Morgan fingerprint density at radius 3 is 2.21 bits per heavy atom. The summed E-state index contributed by atoms with van der Waals surface area (Å²) in [7, 11) is 1.25. The van der Waals surface area contributed by atoms with E-state index >= 15 is 0 Å². The van der Waals surface area contributed by atoms with Gasteiger partial charge < -0.3 is 19.5 Å². The van der Waals surface area contributed by atoms with E-state index in [1.807, 2.05) is 20.8 Å². The third kappa shape index (κ3) is 4.70. The van der Waals surface area contributed by atoms with Crippen LogP contribution in [-0.4, -0.2) is 54.0 Å². The quantitative estimate of drug-likeness (QED) is 0.764. The Labute approximate surface area is 113 Å². The normalized spacial score (nSPS) is 18.9. The summed E-state index contributed by atoms with van der Waals surface area (Å²) in [5.41, 5.74) is -0.514. The van der Waals surface area contributed by atoms with Gasteiger partial charge in [-0.15, -0.1) is 0 Å². The number of nitrogens with zero attached hydrogens (tertiary/aromatic N) is 1. The number of carbonyl (C=O) groups excluding carboxylic acids is 2. The van der Waals surface area contributed by atoms with E-state index in [1.165, 1.54) is 7.11 Å². The predicted octanol–water partition coefficient (Wildman–Crippen LogP) is 1.17. The highest BCUT2D eigenvalue weighted by Crippen LogP contribution is 2.23. The molecule has 1 atom stereocenters. The van der Waals surface area contributed by atoms with Gasteiger partial charge in [-0.2, -0.15) is 0 Å². The van der Waals surface area contributed by atoms with Crippen molar-refractivity contribution in [1.29, 1.82) is 0 Å². The van der Waals surface area contributed by atoms with Crippen LogP contribution in [0.25, 0.3) is 0 Å². The number of rotatable bonds is 2. The second-order valence-corrected chi connectivity index (χ2v) is 5.77. The van der Waals surface area contributed by atoms with Crippen molar-refractivity contribution in [2.45, 2.75) is 45.3 Å². The Bertz CT molecular complexity index is 328. The number of piperidine rings is 1. The fourth-order valence-corrected chi connectivity index (χ4v) is 2.04. The Morgan fingerprint density at radius 1 is 1.26 bits per heavy atom. The van der Waals surface area contributed by atoms with Crippen LogP contribution in [-0.2, 0) is 14.3 Å². The number of hydrogen-bond acceptors (Lipinski definition) is 5. The Balaban J connectivity index is 2.45. The molecule has 1 rings (SSSR count). The van der Waals surface area contributed by atoms with Crippen molar-refractivity contribution in [2.75, 3.05) is 20.2 Å². The van der Waals surface area contributed by atoms with Crippen LogP contribution in [0.4, 0.5) is 4.79 Å². The van der Waals surface area contributed by atoms with Crippen LogP contribution in [0.2, 0.25) is 0 Å². The number of hydrogen-bond donors (Lipinski definition) is 1. The zero-order valence-corrected chi connectivity index (χ0v) is 12.0. The van der Waals surface area contributed by atoms with Crippen LogP contribution < -0.4 is 0 Å². The van der Waals surface area contributed by atoms with Crippen molar-refractivity contribution < 1.29 is 24.2 Å². The average Bonchev–Trinajstić information content (AvgIpc) is 2.35. The SMILES string of the molecule is COC(=O)[C@@H](O)C1CCN(C(=O)OC(C)(C)C)CC1. The maximum absolute atomic E-state index is 11.8. The van der Waals surface area contributed by atoms with Gasteiger partial charge in [0.15, 0.2) is 6.10 Å². The second kappa shape index (κ2) is 6.23. The molecule has 0 spiro atoms. The largest absolute Gasteiger partial charge is 0.467 e. The summed E-state index contributed by atoms with van der Waals surface area (Å²) in [6.07, 6.45) is -0.324. The first kappa shape index (κ1) is 15.8. The lowest BCUT2D eigenvalue weighted by Crippen LogP contribution is -2.45. The third-order valence-corrected chi connectivity index (χ3v) is 3.08. The number of ether oxygens (including phenoxy) is 2. The van der Waals surface area contributed by atoms with Crippen molar-refractivity contribution >= 4 is 12.1 Å². The molecule has 1 amide bonds. The van der Waals surface area contributed by atoms with Crippen LogP contribution in [0.3, 0.4) is 0 Å². The molecule has 19 heavy (non-hydrogen) atoms. The molecule has 0 aromatic rings. The maximum Gasteiger partial charge on any atom is 0.410 e. The number of methoxy groups -OCH3 is 1. The zero-order valence-electron chi connectivity index (χ0n) is 12.0. The van der Waals surface area contributed by atoms with E-state index in [1.54, 1.807) is 4.90 Å². The molecule has 6 nitrogen and oxygen atoms in total. The highest BCUT2D eigenvalue weighted by atomic mass is 16.6. The molecule has 0 saturated carbocycles. The van der Waals surface area contributed by atoms with Gasteiger partial charge in [-0.3, -0.25) is 0 Å². The minimum Gasteiger partial charge on any atom is -0.467 e. The lowest BCUT2D eigenvalue weighted by Gasteiger charge is -2.34. The van der Waals surface area contributed by atoms with Crippen LogP contribution in [0.1, 0.15) is 33.6 Å². The molecule has 0 aliphatic carbocycles. The third-order valence-electron chi connectivity index (χ3n) is 3.08. The minimum absolute atomic E-state index is 0.161. The Hall–Kier alpha value is -1.30. The molecule has 1 saturated heterocycles. The van der Waals surface area contributed by atoms with E-state index < -0.39 is 17.7 Å². The van der Waals surface area contributed by atoms with Gasteiger partial charge in [-0.1, -0.05) is 0 Å². The predicted molar refractivity (Wildman–Crippen MR) is 68.6 cm³/mol. The van der Waals surface area contributed by atoms with Gasteiger partial charge in [0, 0.05) is 13.1 Å². The molecule has 1 aliphatic heterocycles. The molecule has 0 bridgehead atoms. The summed E-state index contributed by atoms with van der Waals surface area (Å²) in [4.78, 5) is 24.7. The van der Waals surface area contributed by atoms with Gasteiger partial charge in [-0.25, -0.2) is 9.59 Å². The van der Waals surface area contributed by atoms with E-state index in [0.717, 1.165) is 0 Å². The molecule has 110 valence electrons. The van der Waals surface area contributed by atoms with E-state index in [-0.39, 0.29) is 12.0 Å². The van der Waals surface area contributed by atoms with E-state index in [2.05, 4.69) is 4.74 Å². The second-order valence-electron chi connectivity index (χ2n) is 5.77. The maximum atomic E-state index is 11.8. The van der Waals surface area contributed by atoms with Crippen molar-refractivity contribution in [3.8, 4) is 0 Å². The van der Waals surface area contributed by atoms with Crippen molar-refractivity contribution in [1.82, 2.24) is 4.90 Å². The zero-order chi connectivity index (χ0) is 14.6. The van der Waals surface area contributed by atoms with Gasteiger partial charge in [-0.05, 0) is 39.5 Å². The summed E-state index contributed by atoms with van der Waals surface area (Å²) in [6, 6.07) is 0. The van der Waals surface area contributed by atoms with E-state index in [9.17, 15) is 14.7 Å². The summed E-state index contributed by atoms with van der Waals surface area (Å²) in [5.74, 6) is -0.776. The summed E-state index contributed by atoms with van der Waals surface area (Å²) >= 11 is 0. The fraction of sp³-hybridized carbons (Fsp3) is 0.846. The van der Waals surface area contributed by atoms with Crippen molar-refractivity contribution in [3.05, 3.63) is 0 Å². The summed E-state index contributed by atoms with van der Waals surface area (Å²) in [6.45, 7) is 6.41. The number of likely N-dealkylation sites (tertiary alicyclic amines) is 1. The standard InChI is InChI=1S/C13H23NO5/c1-13(2,3)19-12(17)14-7-5-9(6-8-14)10(15)11(16)18-4/h9-10,15H,5-8H2,1-4H3/t10-/m0/s1. The number of aliphatic hydroxyl groups is 1. The van der Waals surface area contributed by atoms with Gasteiger partial charge in [0.2, 0.25) is 0 Å². The molecular weight excluding hydrogens is 250 g/mol. The van der Waals surface area contributed by atoms with E-state index in [4.69, 9.17) is 4.74 Å². The molecule has 0 unspecified atom stereocenters. The van der Waals surface area contributed by atoms with E-state index in [0.29, 0.717) is 25.9 Å². The molecule has 6 heteroatoms. The van der Waals surface area contributed by atoms with Gasteiger partial charge in [0.05, 0.1) is 7.11 Å². The molecule has 0 aromatic heterocycles. The smallest absolute Gasteiger partial charge is 0.410 e. The number of amides is 1. The lowest BCUT2D eigenvalue weighted by molar-refractivity contribution is -0.154. The van der Waals surface area contributed by atoms with Gasteiger partial charge >= 0.3 is 12.1 Å². The van der Waals surface area contributed by atoms with Crippen molar-refractivity contribution in [3.63, 3.8) is 0 Å².